The second-order valence-electron chi connectivity index (χ2n) is 5.26. The maximum atomic E-state index is 5.00. The molecule has 4 heteroatoms. The lowest BCUT2D eigenvalue weighted by atomic mass is 10.1. The fourth-order valence-electron chi connectivity index (χ4n) is 2.46. The van der Waals surface area contributed by atoms with E-state index < -0.39 is 0 Å². The number of benzene rings is 1. The van der Waals surface area contributed by atoms with Gasteiger partial charge in [0.2, 0.25) is 0 Å². The summed E-state index contributed by atoms with van der Waals surface area (Å²) in [4.78, 5) is 10.7. The van der Waals surface area contributed by atoms with Gasteiger partial charge >= 0.3 is 6.01 Å². The van der Waals surface area contributed by atoms with Gasteiger partial charge in [0.15, 0.2) is 0 Å². The second kappa shape index (κ2) is 5.95. The van der Waals surface area contributed by atoms with Crippen LogP contribution in [0.2, 0.25) is 0 Å². The zero-order valence-electron chi connectivity index (χ0n) is 12.4. The maximum absolute atomic E-state index is 5.00. The summed E-state index contributed by atoms with van der Waals surface area (Å²) >= 11 is 0. The third-order valence-corrected chi connectivity index (χ3v) is 3.79. The number of ether oxygens (including phenoxy) is 1. The Balaban J connectivity index is 1.85. The first-order chi connectivity index (χ1) is 10.3. The van der Waals surface area contributed by atoms with E-state index >= 15 is 0 Å². The van der Waals surface area contributed by atoms with Gasteiger partial charge in [0.05, 0.1) is 7.11 Å². The Labute approximate surface area is 125 Å². The molecule has 0 unspecified atom stereocenters. The summed E-state index contributed by atoms with van der Waals surface area (Å²) in [6.45, 7) is 4.25. The predicted molar refractivity (Wildman–Crippen MR) is 84.6 cm³/mol. The minimum atomic E-state index is 0.395. The van der Waals surface area contributed by atoms with Gasteiger partial charge < -0.3 is 9.64 Å². The van der Waals surface area contributed by atoms with Gasteiger partial charge in [-0.25, -0.2) is 9.97 Å². The first-order valence-corrected chi connectivity index (χ1v) is 7.13. The fraction of sp³-hybridized carbons (Fsp3) is 0.294. The Morgan fingerprint density at radius 2 is 1.95 bits per heavy atom. The summed E-state index contributed by atoms with van der Waals surface area (Å²) in [6, 6.07) is 8.91. The molecule has 2 heterocycles. The highest BCUT2D eigenvalue weighted by atomic mass is 16.5. The van der Waals surface area contributed by atoms with Crippen molar-refractivity contribution in [3.05, 3.63) is 48.3 Å². The van der Waals surface area contributed by atoms with E-state index in [0.29, 0.717) is 6.01 Å². The highest BCUT2D eigenvalue weighted by Gasteiger charge is 2.11. The molecule has 0 radical (unpaired) electrons. The van der Waals surface area contributed by atoms with Crippen LogP contribution in [0, 0.1) is 0 Å². The molecule has 0 atom stereocenters. The Bertz CT molecular complexity index is 649. The van der Waals surface area contributed by atoms with E-state index in [4.69, 9.17) is 4.74 Å². The van der Waals surface area contributed by atoms with Crippen molar-refractivity contribution in [2.45, 2.75) is 13.3 Å². The van der Waals surface area contributed by atoms with Crippen molar-refractivity contribution >= 4 is 5.69 Å². The zero-order valence-corrected chi connectivity index (χ0v) is 12.4. The first kappa shape index (κ1) is 13.6. The van der Waals surface area contributed by atoms with Gasteiger partial charge in [-0.05, 0) is 31.0 Å². The molecule has 0 amide bonds. The second-order valence-corrected chi connectivity index (χ2v) is 5.26. The Morgan fingerprint density at radius 3 is 2.62 bits per heavy atom. The summed E-state index contributed by atoms with van der Waals surface area (Å²) in [5, 5.41) is 0. The summed E-state index contributed by atoms with van der Waals surface area (Å²) in [5.74, 6) is 0. The van der Waals surface area contributed by atoms with Crippen LogP contribution in [0.25, 0.3) is 11.1 Å². The summed E-state index contributed by atoms with van der Waals surface area (Å²) < 4.78 is 5.00. The molecule has 3 rings (SSSR count). The number of methoxy groups -OCH3 is 1. The average molecular weight is 281 g/mol. The molecule has 0 saturated carbocycles. The van der Waals surface area contributed by atoms with Crippen LogP contribution in [-0.4, -0.2) is 30.2 Å². The molecule has 0 saturated heterocycles. The summed E-state index contributed by atoms with van der Waals surface area (Å²) in [6.07, 6.45) is 7.03. The number of hydrogen-bond acceptors (Lipinski definition) is 4. The van der Waals surface area contributed by atoms with Crippen molar-refractivity contribution in [3.63, 3.8) is 0 Å². The van der Waals surface area contributed by atoms with Crippen molar-refractivity contribution in [1.29, 1.82) is 0 Å². The van der Waals surface area contributed by atoms with Crippen molar-refractivity contribution < 1.29 is 4.74 Å². The van der Waals surface area contributed by atoms with Crippen LogP contribution in [0.1, 0.15) is 13.3 Å². The monoisotopic (exact) mass is 281 g/mol. The lowest BCUT2D eigenvalue weighted by Crippen LogP contribution is -2.27. The number of aromatic nitrogens is 2. The molecule has 2 aromatic rings. The lowest BCUT2D eigenvalue weighted by Gasteiger charge is -2.28. The van der Waals surface area contributed by atoms with E-state index in [1.54, 1.807) is 19.5 Å². The number of rotatable bonds is 3. The maximum Gasteiger partial charge on any atom is 0.316 e. The summed E-state index contributed by atoms with van der Waals surface area (Å²) in [5.41, 5.74) is 4.85. The molecule has 0 aliphatic carbocycles. The lowest BCUT2D eigenvalue weighted by molar-refractivity contribution is 0.380. The van der Waals surface area contributed by atoms with Gasteiger partial charge in [-0.1, -0.05) is 23.8 Å². The number of anilines is 1. The van der Waals surface area contributed by atoms with E-state index in [9.17, 15) is 0 Å². The smallest absolute Gasteiger partial charge is 0.316 e. The molecule has 0 fully saturated rings. The van der Waals surface area contributed by atoms with Gasteiger partial charge in [0, 0.05) is 36.7 Å². The minimum absolute atomic E-state index is 0.395. The van der Waals surface area contributed by atoms with Crippen LogP contribution < -0.4 is 9.64 Å². The van der Waals surface area contributed by atoms with Crippen LogP contribution >= 0.6 is 0 Å². The molecular weight excluding hydrogens is 262 g/mol. The van der Waals surface area contributed by atoms with Crippen LogP contribution in [0.3, 0.4) is 0 Å². The highest BCUT2D eigenvalue weighted by Crippen LogP contribution is 2.26. The molecule has 4 nitrogen and oxygen atoms in total. The predicted octanol–water partition coefficient (Wildman–Crippen LogP) is 3.31. The average Bonchev–Trinajstić information content (AvgIpc) is 2.56. The highest BCUT2D eigenvalue weighted by molar-refractivity contribution is 5.67. The van der Waals surface area contributed by atoms with Crippen LogP contribution in [0.4, 0.5) is 5.69 Å². The van der Waals surface area contributed by atoms with Gasteiger partial charge in [-0.2, -0.15) is 0 Å². The van der Waals surface area contributed by atoms with E-state index in [2.05, 4.69) is 52.1 Å². The fourth-order valence-corrected chi connectivity index (χ4v) is 2.46. The molecule has 108 valence electrons. The van der Waals surface area contributed by atoms with Gasteiger partial charge in [0.25, 0.3) is 0 Å². The van der Waals surface area contributed by atoms with E-state index in [1.807, 2.05) is 0 Å². The van der Waals surface area contributed by atoms with Gasteiger partial charge in [0.1, 0.15) is 0 Å². The first-order valence-electron chi connectivity index (χ1n) is 7.13. The van der Waals surface area contributed by atoms with Crippen molar-refractivity contribution in [2.75, 3.05) is 25.1 Å². The SMILES string of the molecule is COc1ncc(-c2cccc(N3CC=C(C)CC3)c2)cn1. The number of hydrogen-bond donors (Lipinski definition) is 0. The molecule has 1 aromatic heterocycles. The van der Waals surface area contributed by atoms with Crippen LogP contribution in [-0.2, 0) is 0 Å². The van der Waals surface area contributed by atoms with Crippen molar-refractivity contribution in [2.24, 2.45) is 0 Å². The third kappa shape index (κ3) is 3.05. The van der Waals surface area contributed by atoms with Crippen molar-refractivity contribution in [3.8, 4) is 17.1 Å². The largest absolute Gasteiger partial charge is 0.467 e. The molecule has 1 aliphatic heterocycles. The Morgan fingerprint density at radius 1 is 1.14 bits per heavy atom. The quantitative estimate of drug-likeness (QED) is 0.809. The van der Waals surface area contributed by atoms with E-state index in [-0.39, 0.29) is 0 Å². The molecule has 1 aliphatic rings. The molecular formula is C17H19N3O. The van der Waals surface area contributed by atoms with Crippen molar-refractivity contribution in [1.82, 2.24) is 9.97 Å². The topological polar surface area (TPSA) is 38.2 Å². The third-order valence-electron chi connectivity index (χ3n) is 3.79. The van der Waals surface area contributed by atoms with E-state index in [0.717, 1.165) is 30.6 Å². The molecule has 21 heavy (non-hydrogen) atoms. The molecule has 1 aromatic carbocycles. The molecule has 0 spiro atoms. The summed E-state index contributed by atoms with van der Waals surface area (Å²) in [7, 11) is 1.57. The zero-order chi connectivity index (χ0) is 14.7. The molecule has 0 bridgehead atoms. The molecule has 0 N–H and O–H groups in total. The van der Waals surface area contributed by atoms with Gasteiger partial charge in [-0.3, -0.25) is 0 Å². The normalized spacial score (nSPS) is 14.8. The standard InChI is InChI=1S/C17H19N3O/c1-13-6-8-20(9-7-13)16-5-3-4-14(10-16)15-11-18-17(21-2)19-12-15/h3-6,10-12H,7-9H2,1-2H3. The number of nitrogens with zero attached hydrogens (tertiary/aromatic N) is 3. The Hall–Kier alpha value is -2.36. The van der Waals surface area contributed by atoms with Gasteiger partial charge in [-0.15, -0.1) is 0 Å². The van der Waals surface area contributed by atoms with Crippen LogP contribution in [0.15, 0.2) is 48.3 Å². The minimum Gasteiger partial charge on any atom is -0.467 e. The van der Waals surface area contributed by atoms with Crippen LogP contribution in [0.5, 0.6) is 6.01 Å². The van der Waals surface area contributed by atoms with E-state index in [1.165, 1.54) is 11.3 Å². The Kier molecular flexibility index (Phi) is 3.86.